The highest BCUT2D eigenvalue weighted by Gasteiger charge is 2.05. The molecule has 0 radical (unpaired) electrons. The van der Waals surface area contributed by atoms with Crippen molar-refractivity contribution in [3.8, 4) is 0 Å². The Morgan fingerprint density at radius 3 is 2.86 bits per heavy atom. The number of hydrogen-bond donors (Lipinski definition) is 0. The minimum atomic E-state index is 0.346. The van der Waals surface area contributed by atoms with Crippen LogP contribution in [0.25, 0.3) is 10.9 Å². The molecule has 0 saturated heterocycles. The van der Waals surface area contributed by atoms with Crippen LogP contribution in [-0.4, -0.2) is 48.6 Å². The third-order valence-corrected chi connectivity index (χ3v) is 3.23. The van der Waals surface area contributed by atoms with Crippen LogP contribution in [0.5, 0.6) is 0 Å². The number of rotatable bonds is 6. The lowest BCUT2D eigenvalue weighted by molar-refractivity contribution is 0.212. The number of halogens is 1. The molecule has 6 heteroatoms. The standard InChI is InChI=1S/C15H19ClN4O/c1-19(2)11-17-13-4-5-15-12(8-13)6-7-20(15)10-14(9-16)18-21-3/h4-8,11H,9-10H2,1-3H3/b17-11?,18-14+. The third kappa shape index (κ3) is 3.98. The molecule has 5 nitrogen and oxygen atoms in total. The molecule has 1 aromatic carbocycles. The number of benzene rings is 1. The van der Waals surface area contributed by atoms with Crippen molar-refractivity contribution in [2.24, 2.45) is 10.1 Å². The predicted molar refractivity (Wildman–Crippen MR) is 88.9 cm³/mol. The van der Waals surface area contributed by atoms with E-state index in [2.05, 4.69) is 32.9 Å². The first-order chi connectivity index (χ1) is 10.1. The van der Waals surface area contributed by atoms with E-state index < -0.39 is 0 Å². The fourth-order valence-corrected chi connectivity index (χ4v) is 2.14. The summed E-state index contributed by atoms with van der Waals surface area (Å²) >= 11 is 5.86. The van der Waals surface area contributed by atoms with Gasteiger partial charge in [-0.05, 0) is 24.3 Å². The van der Waals surface area contributed by atoms with E-state index in [1.54, 1.807) is 6.34 Å². The lowest BCUT2D eigenvalue weighted by Gasteiger charge is -2.06. The van der Waals surface area contributed by atoms with Gasteiger partial charge >= 0.3 is 0 Å². The molecular formula is C15H19ClN4O. The third-order valence-electron chi connectivity index (χ3n) is 2.92. The van der Waals surface area contributed by atoms with Gasteiger partial charge in [-0.25, -0.2) is 4.99 Å². The zero-order valence-electron chi connectivity index (χ0n) is 12.5. The molecule has 2 aromatic rings. The summed E-state index contributed by atoms with van der Waals surface area (Å²) in [6.45, 7) is 0.612. The minimum Gasteiger partial charge on any atom is -0.399 e. The number of aromatic nitrogens is 1. The average Bonchev–Trinajstić information content (AvgIpc) is 2.87. The largest absolute Gasteiger partial charge is 0.399 e. The smallest absolute Gasteiger partial charge is 0.106 e. The molecular weight excluding hydrogens is 288 g/mol. The molecule has 0 aliphatic carbocycles. The fourth-order valence-electron chi connectivity index (χ4n) is 2.01. The van der Waals surface area contributed by atoms with Crippen molar-refractivity contribution < 1.29 is 4.84 Å². The summed E-state index contributed by atoms with van der Waals surface area (Å²) < 4.78 is 2.09. The van der Waals surface area contributed by atoms with E-state index in [0.717, 1.165) is 22.3 Å². The van der Waals surface area contributed by atoms with Crippen molar-refractivity contribution in [2.45, 2.75) is 6.54 Å². The molecule has 2 rings (SSSR count). The highest BCUT2D eigenvalue weighted by atomic mass is 35.5. The molecule has 0 aliphatic rings. The second-order valence-electron chi connectivity index (χ2n) is 4.87. The summed E-state index contributed by atoms with van der Waals surface area (Å²) in [6, 6.07) is 8.16. The van der Waals surface area contributed by atoms with Crippen LogP contribution in [0.3, 0.4) is 0 Å². The molecule has 1 aromatic heterocycles. The van der Waals surface area contributed by atoms with E-state index in [-0.39, 0.29) is 0 Å². The van der Waals surface area contributed by atoms with Gasteiger partial charge in [-0.1, -0.05) is 5.16 Å². The van der Waals surface area contributed by atoms with Crippen molar-refractivity contribution >= 4 is 40.2 Å². The van der Waals surface area contributed by atoms with Gasteiger partial charge in [0, 0.05) is 31.2 Å². The Balaban J connectivity index is 2.27. The molecule has 1 heterocycles. The van der Waals surface area contributed by atoms with E-state index in [1.165, 1.54) is 7.11 Å². The van der Waals surface area contributed by atoms with Crippen LogP contribution in [-0.2, 0) is 11.4 Å². The Labute approximate surface area is 129 Å². The molecule has 0 amide bonds. The van der Waals surface area contributed by atoms with E-state index in [4.69, 9.17) is 16.4 Å². The van der Waals surface area contributed by atoms with Gasteiger partial charge in [0.05, 0.1) is 30.2 Å². The van der Waals surface area contributed by atoms with E-state index in [0.29, 0.717) is 12.4 Å². The molecule has 0 bridgehead atoms. The van der Waals surface area contributed by atoms with Crippen molar-refractivity contribution in [1.82, 2.24) is 9.47 Å². The average molecular weight is 307 g/mol. The number of oxime groups is 1. The Bertz CT molecular complexity index is 661. The number of fused-ring (bicyclic) bond motifs is 1. The normalized spacial score (nSPS) is 12.3. The van der Waals surface area contributed by atoms with Gasteiger partial charge < -0.3 is 14.3 Å². The first-order valence-electron chi connectivity index (χ1n) is 6.58. The number of alkyl halides is 1. The maximum atomic E-state index is 5.86. The fraction of sp³-hybridized carbons (Fsp3) is 0.333. The topological polar surface area (TPSA) is 42.1 Å². The van der Waals surface area contributed by atoms with Gasteiger partial charge in [0.2, 0.25) is 0 Å². The van der Waals surface area contributed by atoms with Crippen molar-refractivity contribution in [2.75, 3.05) is 27.1 Å². The first-order valence-corrected chi connectivity index (χ1v) is 7.12. The van der Waals surface area contributed by atoms with Gasteiger partial charge in [0.1, 0.15) is 7.11 Å². The second-order valence-corrected chi connectivity index (χ2v) is 5.14. The summed E-state index contributed by atoms with van der Waals surface area (Å²) in [5.41, 5.74) is 2.83. The lowest BCUT2D eigenvalue weighted by atomic mass is 10.2. The number of nitrogens with zero attached hydrogens (tertiary/aromatic N) is 4. The quantitative estimate of drug-likeness (QED) is 0.356. The summed E-state index contributed by atoms with van der Waals surface area (Å²) in [5, 5.41) is 5.06. The zero-order valence-corrected chi connectivity index (χ0v) is 13.2. The zero-order chi connectivity index (χ0) is 15.2. The molecule has 0 aliphatic heterocycles. The van der Waals surface area contributed by atoms with Crippen LogP contribution < -0.4 is 0 Å². The van der Waals surface area contributed by atoms with Gasteiger partial charge in [-0.2, -0.15) is 0 Å². The Morgan fingerprint density at radius 2 is 2.19 bits per heavy atom. The SMILES string of the molecule is CO/N=C(\CCl)Cn1ccc2cc(N=CN(C)C)ccc21. The molecule has 21 heavy (non-hydrogen) atoms. The van der Waals surface area contributed by atoms with Crippen molar-refractivity contribution in [3.63, 3.8) is 0 Å². The monoisotopic (exact) mass is 306 g/mol. The Morgan fingerprint density at radius 1 is 1.38 bits per heavy atom. The molecule has 0 atom stereocenters. The van der Waals surface area contributed by atoms with Gasteiger partial charge in [0.15, 0.2) is 0 Å². The van der Waals surface area contributed by atoms with Crippen LogP contribution in [0.15, 0.2) is 40.6 Å². The Kier molecular flexibility index (Phi) is 5.22. The van der Waals surface area contributed by atoms with E-state index >= 15 is 0 Å². The van der Waals surface area contributed by atoms with Crippen molar-refractivity contribution in [1.29, 1.82) is 0 Å². The predicted octanol–water partition coefficient (Wildman–Crippen LogP) is 3.10. The van der Waals surface area contributed by atoms with Crippen LogP contribution >= 0.6 is 11.6 Å². The van der Waals surface area contributed by atoms with Crippen LogP contribution in [0.4, 0.5) is 5.69 Å². The molecule has 0 saturated carbocycles. The summed E-state index contributed by atoms with van der Waals surface area (Å²) in [7, 11) is 5.41. The van der Waals surface area contributed by atoms with Crippen LogP contribution in [0, 0.1) is 0 Å². The summed E-state index contributed by atoms with van der Waals surface area (Å²) in [6.07, 6.45) is 3.80. The maximum Gasteiger partial charge on any atom is 0.106 e. The van der Waals surface area contributed by atoms with Gasteiger partial charge in [0.25, 0.3) is 0 Å². The highest BCUT2D eigenvalue weighted by Crippen LogP contribution is 2.22. The van der Waals surface area contributed by atoms with Crippen LogP contribution in [0.1, 0.15) is 0 Å². The molecule has 0 N–H and O–H groups in total. The summed E-state index contributed by atoms with van der Waals surface area (Å²) in [4.78, 5) is 11.1. The van der Waals surface area contributed by atoms with Gasteiger partial charge in [-0.3, -0.25) is 0 Å². The minimum absolute atomic E-state index is 0.346. The highest BCUT2D eigenvalue weighted by molar-refractivity contribution is 6.28. The first kappa shape index (κ1) is 15.4. The number of hydrogen-bond acceptors (Lipinski definition) is 3. The maximum absolute atomic E-state index is 5.86. The lowest BCUT2D eigenvalue weighted by Crippen LogP contribution is -2.11. The summed E-state index contributed by atoms with van der Waals surface area (Å²) in [5.74, 6) is 0.346. The Hall–Kier alpha value is -2.01. The van der Waals surface area contributed by atoms with E-state index in [9.17, 15) is 0 Å². The molecule has 0 spiro atoms. The molecule has 112 valence electrons. The van der Waals surface area contributed by atoms with Crippen LogP contribution in [0.2, 0.25) is 0 Å². The molecule has 0 fully saturated rings. The number of aliphatic imine (C=N–C) groups is 1. The van der Waals surface area contributed by atoms with Crippen molar-refractivity contribution in [3.05, 3.63) is 30.5 Å². The van der Waals surface area contributed by atoms with E-state index in [1.807, 2.05) is 31.3 Å². The second kappa shape index (κ2) is 7.13. The van der Waals surface area contributed by atoms with Gasteiger partial charge in [-0.15, -0.1) is 11.6 Å². The molecule has 0 unspecified atom stereocenters.